The molecule has 0 spiro atoms. The van der Waals surface area contributed by atoms with Crippen molar-refractivity contribution < 1.29 is 0 Å². The number of aromatic nitrogens is 1. The van der Waals surface area contributed by atoms with E-state index in [-0.39, 0.29) is 0 Å². The van der Waals surface area contributed by atoms with E-state index in [0.29, 0.717) is 11.5 Å². The van der Waals surface area contributed by atoms with Crippen LogP contribution in [0, 0.1) is 11.3 Å². The number of unbranched alkanes of at least 4 members (excludes halogenated alkanes) is 6. The Balaban J connectivity index is 2.22. The fourth-order valence-electron chi connectivity index (χ4n) is 3.73. The lowest BCUT2D eigenvalue weighted by molar-refractivity contribution is 0.498. The maximum Gasteiger partial charge on any atom is 0.101 e. The summed E-state index contributed by atoms with van der Waals surface area (Å²) in [6.45, 7) is 4.53. The Kier molecular flexibility index (Phi) is 8.46. The van der Waals surface area contributed by atoms with Crippen LogP contribution in [0.1, 0.15) is 95.1 Å². The fraction of sp³-hybridized carbons (Fsp3) is 0.565. The summed E-state index contributed by atoms with van der Waals surface area (Å²) >= 11 is 0. The standard InChI is InChI=1S/C23H32N2/c1-3-5-7-9-12-19(13-10-8-6-4-2)21-16-15-20(18-24)23-22(21)14-11-17-25-23/h11,14-17,19H,3-10,12-13H2,1-2H3. The monoisotopic (exact) mass is 336 g/mol. The largest absolute Gasteiger partial charge is 0.255 e. The lowest BCUT2D eigenvalue weighted by Gasteiger charge is -2.20. The fourth-order valence-corrected chi connectivity index (χ4v) is 3.73. The third-order valence-electron chi connectivity index (χ3n) is 5.18. The molecule has 0 atom stereocenters. The first-order chi connectivity index (χ1) is 12.3. The highest BCUT2D eigenvalue weighted by atomic mass is 14.7. The number of nitrogens with zero attached hydrogens (tertiary/aromatic N) is 2. The minimum absolute atomic E-state index is 0.591. The maximum atomic E-state index is 9.38. The van der Waals surface area contributed by atoms with Crippen LogP contribution < -0.4 is 0 Å². The van der Waals surface area contributed by atoms with Crippen LogP contribution in [0.5, 0.6) is 0 Å². The van der Waals surface area contributed by atoms with Crippen molar-refractivity contribution in [2.45, 2.75) is 84.0 Å². The number of fused-ring (bicyclic) bond motifs is 1. The molecule has 1 aromatic heterocycles. The highest BCUT2D eigenvalue weighted by molar-refractivity contribution is 5.87. The number of hydrogen-bond donors (Lipinski definition) is 0. The molecule has 2 rings (SSSR count). The molecule has 0 saturated heterocycles. The second-order valence-electron chi connectivity index (χ2n) is 7.11. The Labute approximate surface area is 153 Å². The quantitative estimate of drug-likeness (QED) is 0.409. The summed E-state index contributed by atoms with van der Waals surface area (Å²) in [7, 11) is 0. The van der Waals surface area contributed by atoms with Crippen LogP contribution in [0.4, 0.5) is 0 Å². The predicted octanol–water partition coefficient (Wildman–Crippen LogP) is 7.13. The molecule has 0 N–H and O–H groups in total. The zero-order valence-electron chi connectivity index (χ0n) is 15.9. The Hall–Kier alpha value is -1.88. The van der Waals surface area contributed by atoms with E-state index >= 15 is 0 Å². The first-order valence-electron chi connectivity index (χ1n) is 10.1. The van der Waals surface area contributed by atoms with E-state index in [2.05, 4.69) is 37.0 Å². The minimum Gasteiger partial charge on any atom is -0.255 e. The van der Waals surface area contributed by atoms with Crippen molar-refractivity contribution in [1.82, 2.24) is 4.98 Å². The van der Waals surface area contributed by atoms with E-state index < -0.39 is 0 Å². The lowest BCUT2D eigenvalue weighted by Crippen LogP contribution is -2.02. The third kappa shape index (κ3) is 5.56. The van der Waals surface area contributed by atoms with Crippen LogP contribution >= 0.6 is 0 Å². The Morgan fingerprint density at radius 2 is 1.60 bits per heavy atom. The maximum absolute atomic E-state index is 9.38. The first kappa shape index (κ1) is 19.4. The van der Waals surface area contributed by atoms with Crippen molar-refractivity contribution in [3.8, 4) is 6.07 Å². The Bertz CT molecular complexity index is 672. The molecule has 1 aromatic carbocycles. The molecular weight excluding hydrogens is 304 g/mol. The molecule has 2 aromatic rings. The van der Waals surface area contributed by atoms with Crippen molar-refractivity contribution in [2.75, 3.05) is 0 Å². The molecule has 0 aliphatic carbocycles. The van der Waals surface area contributed by atoms with Gasteiger partial charge in [-0.3, -0.25) is 4.98 Å². The van der Waals surface area contributed by atoms with Crippen molar-refractivity contribution in [3.05, 3.63) is 41.6 Å². The lowest BCUT2D eigenvalue weighted by atomic mass is 9.85. The second kappa shape index (κ2) is 10.9. The molecule has 0 radical (unpaired) electrons. The van der Waals surface area contributed by atoms with Gasteiger partial charge in [-0.25, -0.2) is 0 Å². The van der Waals surface area contributed by atoms with Gasteiger partial charge in [0.2, 0.25) is 0 Å². The van der Waals surface area contributed by atoms with E-state index in [9.17, 15) is 5.26 Å². The molecule has 25 heavy (non-hydrogen) atoms. The van der Waals surface area contributed by atoms with Crippen molar-refractivity contribution in [2.24, 2.45) is 0 Å². The summed E-state index contributed by atoms with van der Waals surface area (Å²) in [5, 5.41) is 10.6. The highest BCUT2D eigenvalue weighted by Gasteiger charge is 2.16. The Morgan fingerprint density at radius 1 is 0.920 bits per heavy atom. The minimum atomic E-state index is 0.591. The van der Waals surface area contributed by atoms with E-state index in [1.807, 2.05) is 12.1 Å². The van der Waals surface area contributed by atoms with Gasteiger partial charge in [0.15, 0.2) is 0 Å². The van der Waals surface area contributed by atoms with Crippen molar-refractivity contribution >= 4 is 10.9 Å². The molecule has 0 unspecified atom stereocenters. The van der Waals surface area contributed by atoms with Crippen molar-refractivity contribution in [3.63, 3.8) is 0 Å². The van der Waals surface area contributed by atoms with Crippen LogP contribution in [-0.2, 0) is 0 Å². The van der Waals surface area contributed by atoms with E-state index in [1.54, 1.807) is 6.20 Å². The molecule has 0 amide bonds. The van der Waals surface area contributed by atoms with Crippen LogP contribution in [0.3, 0.4) is 0 Å². The summed E-state index contributed by atoms with van der Waals surface area (Å²) in [5.41, 5.74) is 2.96. The molecule has 0 fully saturated rings. The van der Waals surface area contributed by atoms with Gasteiger partial charge in [0.25, 0.3) is 0 Å². The number of pyridine rings is 1. The molecular formula is C23H32N2. The molecule has 0 saturated carbocycles. The van der Waals surface area contributed by atoms with E-state index in [1.165, 1.54) is 75.2 Å². The highest BCUT2D eigenvalue weighted by Crippen LogP contribution is 2.34. The second-order valence-corrected chi connectivity index (χ2v) is 7.11. The number of hydrogen-bond acceptors (Lipinski definition) is 2. The van der Waals surface area contributed by atoms with Gasteiger partial charge >= 0.3 is 0 Å². The topological polar surface area (TPSA) is 36.7 Å². The van der Waals surface area contributed by atoms with Gasteiger partial charge in [-0.05, 0) is 36.5 Å². The normalized spacial score (nSPS) is 11.1. The predicted molar refractivity (Wildman–Crippen MR) is 107 cm³/mol. The summed E-state index contributed by atoms with van der Waals surface area (Å²) in [4.78, 5) is 4.49. The number of nitriles is 1. The van der Waals surface area contributed by atoms with E-state index in [4.69, 9.17) is 0 Å². The molecule has 134 valence electrons. The Morgan fingerprint density at radius 3 is 2.20 bits per heavy atom. The van der Waals surface area contributed by atoms with Crippen molar-refractivity contribution in [1.29, 1.82) is 5.26 Å². The average molecular weight is 337 g/mol. The summed E-state index contributed by atoms with van der Waals surface area (Å²) < 4.78 is 0. The van der Waals surface area contributed by atoms with Gasteiger partial charge in [0.1, 0.15) is 6.07 Å². The zero-order valence-corrected chi connectivity index (χ0v) is 15.9. The van der Waals surface area contributed by atoms with Crippen LogP contribution in [0.2, 0.25) is 0 Å². The van der Waals surface area contributed by atoms with Gasteiger partial charge in [0, 0.05) is 11.6 Å². The summed E-state index contributed by atoms with van der Waals surface area (Å²) in [6, 6.07) is 10.6. The molecule has 2 nitrogen and oxygen atoms in total. The van der Waals surface area contributed by atoms with Crippen LogP contribution in [-0.4, -0.2) is 4.98 Å². The van der Waals surface area contributed by atoms with Gasteiger partial charge in [-0.15, -0.1) is 0 Å². The molecule has 0 bridgehead atoms. The van der Waals surface area contributed by atoms with Gasteiger partial charge in [-0.2, -0.15) is 5.26 Å². The third-order valence-corrected chi connectivity index (χ3v) is 5.18. The van der Waals surface area contributed by atoms with Gasteiger partial charge in [-0.1, -0.05) is 77.3 Å². The average Bonchev–Trinajstić information content (AvgIpc) is 2.66. The summed E-state index contributed by atoms with van der Waals surface area (Å²) in [6.07, 6.45) is 14.8. The van der Waals surface area contributed by atoms with E-state index in [0.717, 1.165) is 5.52 Å². The molecule has 2 heteroatoms. The smallest absolute Gasteiger partial charge is 0.101 e. The van der Waals surface area contributed by atoms with Gasteiger partial charge < -0.3 is 0 Å². The first-order valence-corrected chi connectivity index (χ1v) is 10.1. The SMILES string of the molecule is CCCCCCC(CCCCCC)c1ccc(C#N)c2ncccc12. The molecule has 0 aliphatic rings. The molecule has 1 heterocycles. The van der Waals surface area contributed by atoms with Gasteiger partial charge in [0.05, 0.1) is 11.1 Å². The number of benzene rings is 1. The van der Waals surface area contributed by atoms with Crippen LogP contribution in [0.15, 0.2) is 30.5 Å². The van der Waals surface area contributed by atoms with Crippen LogP contribution in [0.25, 0.3) is 10.9 Å². The number of rotatable bonds is 11. The zero-order chi connectivity index (χ0) is 17.9. The summed E-state index contributed by atoms with van der Waals surface area (Å²) in [5.74, 6) is 0.591. The molecule has 0 aliphatic heterocycles.